The molecule has 11 heteroatoms. The number of sulfone groups is 1. The minimum Gasteiger partial charge on any atom is -0.378 e. The van der Waals surface area contributed by atoms with Crippen molar-refractivity contribution in [3.63, 3.8) is 0 Å². The van der Waals surface area contributed by atoms with Gasteiger partial charge in [0.25, 0.3) is 5.69 Å². The highest BCUT2D eigenvalue weighted by Crippen LogP contribution is 2.29. The Labute approximate surface area is 193 Å². The first-order valence-electron chi connectivity index (χ1n) is 9.67. The van der Waals surface area contributed by atoms with Crippen LogP contribution in [0.3, 0.4) is 0 Å². The van der Waals surface area contributed by atoms with Crippen LogP contribution in [0.15, 0.2) is 65.6 Å². The number of amides is 1. The lowest BCUT2D eigenvalue weighted by molar-refractivity contribution is -0.384. The molecule has 0 atom stereocenters. The molecule has 1 amide bonds. The van der Waals surface area contributed by atoms with Crippen LogP contribution in [0.1, 0.15) is 4.88 Å². The molecule has 0 spiro atoms. The van der Waals surface area contributed by atoms with Gasteiger partial charge in [0.15, 0.2) is 9.84 Å². The van der Waals surface area contributed by atoms with Crippen molar-refractivity contribution in [3.8, 4) is 10.4 Å². The van der Waals surface area contributed by atoms with Crippen LogP contribution in [0.2, 0.25) is 0 Å². The first-order valence-corrected chi connectivity index (χ1v) is 12.4. The summed E-state index contributed by atoms with van der Waals surface area (Å²) in [5.74, 6) is -0.641. The molecule has 1 aromatic heterocycles. The third kappa shape index (κ3) is 6.70. The van der Waals surface area contributed by atoms with Gasteiger partial charge in [-0.3, -0.25) is 14.9 Å². The highest BCUT2D eigenvalue weighted by molar-refractivity contribution is 7.90. The van der Waals surface area contributed by atoms with Crippen molar-refractivity contribution in [1.29, 1.82) is 0 Å². The molecular weight excluding hydrogens is 469 g/mol. The Morgan fingerprint density at radius 1 is 1.12 bits per heavy atom. The first kappa shape index (κ1) is 24.1. The van der Waals surface area contributed by atoms with Crippen molar-refractivity contribution < 1.29 is 22.5 Å². The zero-order chi connectivity index (χ0) is 24.0. The van der Waals surface area contributed by atoms with E-state index >= 15 is 0 Å². The number of nitro groups is 1. The number of thiophene rings is 1. The van der Waals surface area contributed by atoms with E-state index < -0.39 is 14.8 Å². The van der Waals surface area contributed by atoms with Crippen molar-refractivity contribution in [1.82, 2.24) is 5.32 Å². The Kier molecular flexibility index (Phi) is 7.56. The van der Waals surface area contributed by atoms with Crippen molar-refractivity contribution in [2.45, 2.75) is 4.90 Å². The monoisotopic (exact) mass is 489 g/mol. The molecule has 0 bridgehead atoms. The number of benzene rings is 2. The van der Waals surface area contributed by atoms with Crippen LogP contribution >= 0.6 is 11.3 Å². The van der Waals surface area contributed by atoms with Crippen molar-refractivity contribution in [2.24, 2.45) is 0 Å². The predicted octanol–water partition coefficient (Wildman–Crippen LogP) is 4.11. The summed E-state index contributed by atoms with van der Waals surface area (Å²) < 4.78 is 36.2. The Morgan fingerprint density at radius 2 is 1.85 bits per heavy atom. The lowest BCUT2D eigenvalue weighted by atomic mass is 10.2. The molecule has 3 rings (SSSR count). The second-order valence-electron chi connectivity index (χ2n) is 6.97. The molecule has 2 aromatic carbocycles. The molecule has 33 heavy (non-hydrogen) atoms. The van der Waals surface area contributed by atoms with Gasteiger partial charge in [0.05, 0.1) is 9.82 Å². The topological polar surface area (TPSA) is 118 Å². The van der Waals surface area contributed by atoms with Gasteiger partial charge in [0.1, 0.15) is 11.5 Å². The fourth-order valence-corrected chi connectivity index (χ4v) is 4.41. The summed E-state index contributed by atoms with van der Waals surface area (Å²) in [4.78, 5) is 24.3. The van der Waals surface area contributed by atoms with Crippen molar-refractivity contribution in [2.75, 3.05) is 24.7 Å². The minimum absolute atomic E-state index is 0.144. The summed E-state index contributed by atoms with van der Waals surface area (Å²) in [5.41, 5.74) is 0.679. The minimum atomic E-state index is -3.57. The van der Waals surface area contributed by atoms with E-state index in [1.54, 1.807) is 18.2 Å². The zero-order valence-electron chi connectivity index (χ0n) is 17.4. The second-order valence-corrected chi connectivity index (χ2v) is 10.1. The Balaban J connectivity index is 1.51. The summed E-state index contributed by atoms with van der Waals surface area (Å²) in [5, 5.41) is 16.7. The molecule has 0 radical (unpaired) electrons. The summed E-state index contributed by atoms with van der Waals surface area (Å²) in [7, 11) is -3.57. The van der Waals surface area contributed by atoms with Gasteiger partial charge in [0, 0.05) is 41.2 Å². The quantitative estimate of drug-likeness (QED) is 0.202. The summed E-state index contributed by atoms with van der Waals surface area (Å²) in [6.07, 6.45) is 4.01. The van der Waals surface area contributed by atoms with E-state index in [2.05, 4.69) is 10.6 Å². The maximum absolute atomic E-state index is 13.0. The maximum Gasteiger partial charge on any atom is 0.293 e. The fourth-order valence-electron chi connectivity index (χ4n) is 2.85. The molecule has 0 aliphatic carbocycles. The van der Waals surface area contributed by atoms with Gasteiger partial charge in [-0.1, -0.05) is 12.1 Å². The SMILES string of the molecule is CS(=O)(=O)c1ccc(NCCNC(=O)/C=C/c2ccc(-c3ccc(F)cc3)s2)c([N+](=O)[O-])c1. The summed E-state index contributed by atoms with van der Waals surface area (Å²) in [6, 6.07) is 13.5. The number of rotatable bonds is 9. The molecular formula is C22H20FN3O5S2. The van der Waals surface area contributed by atoms with Gasteiger partial charge >= 0.3 is 0 Å². The number of anilines is 1. The average molecular weight is 490 g/mol. The molecule has 172 valence electrons. The van der Waals surface area contributed by atoms with Crippen LogP contribution in [0, 0.1) is 15.9 Å². The van der Waals surface area contributed by atoms with Crippen LogP contribution in [-0.2, 0) is 14.6 Å². The molecule has 1 heterocycles. The Hall–Kier alpha value is -3.57. The Morgan fingerprint density at radius 3 is 2.52 bits per heavy atom. The maximum atomic E-state index is 13.0. The molecule has 2 N–H and O–H groups in total. The predicted molar refractivity (Wildman–Crippen MR) is 126 cm³/mol. The van der Waals surface area contributed by atoms with E-state index in [0.29, 0.717) is 0 Å². The standard InChI is InChI=1S/C22H20FN3O5S2/c1-33(30,31)18-8-9-19(20(14-18)26(28)29)24-12-13-25-22(27)11-7-17-6-10-21(32-17)15-2-4-16(23)5-3-15/h2-11,14,24H,12-13H2,1H3,(H,25,27)/b11-7+. The molecule has 0 unspecified atom stereocenters. The molecule has 0 fully saturated rings. The number of halogens is 1. The average Bonchev–Trinajstić information content (AvgIpc) is 3.24. The van der Waals surface area contributed by atoms with Gasteiger partial charge in [-0.15, -0.1) is 11.3 Å². The first-order chi connectivity index (χ1) is 15.6. The van der Waals surface area contributed by atoms with Crippen LogP contribution in [0.25, 0.3) is 16.5 Å². The third-order valence-corrected chi connectivity index (χ3v) is 6.70. The van der Waals surface area contributed by atoms with E-state index in [0.717, 1.165) is 27.6 Å². The Bertz CT molecular complexity index is 1300. The van der Waals surface area contributed by atoms with Crippen molar-refractivity contribution >= 4 is 44.5 Å². The van der Waals surface area contributed by atoms with E-state index in [4.69, 9.17) is 0 Å². The summed E-state index contributed by atoms with van der Waals surface area (Å²) >= 11 is 1.46. The molecule has 8 nitrogen and oxygen atoms in total. The van der Waals surface area contributed by atoms with Gasteiger partial charge in [-0.2, -0.15) is 0 Å². The smallest absolute Gasteiger partial charge is 0.293 e. The van der Waals surface area contributed by atoms with E-state index in [1.807, 2.05) is 12.1 Å². The fraction of sp³-hybridized carbons (Fsp3) is 0.136. The number of hydrogen-bond acceptors (Lipinski definition) is 7. The van der Waals surface area contributed by atoms with Gasteiger partial charge in [-0.25, -0.2) is 12.8 Å². The number of carbonyl (C=O) groups is 1. The van der Waals surface area contributed by atoms with Crippen LogP contribution < -0.4 is 10.6 Å². The summed E-state index contributed by atoms with van der Waals surface area (Å²) in [6.45, 7) is 0.395. The largest absolute Gasteiger partial charge is 0.378 e. The molecule has 0 saturated carbocycles. The van der Waals surface area contributed by atoms with E-state index in [-0.39, 0.29) is 41.1 Å². The zero-order valence-corrected chi connectivity index (χ0v) is 19.1. The lowest BCUT2D eigenvalue weighted by Gasteiger charge is -2.08. The van der Waals surface area contributed by atoms with E-state index in [9.17, 15) is 27.7 Å². The van der Waals surface area contributed by atoms with Crippen LogP contribution in [0.5, 0.6) is 0 Å². The molecule has 0 saturated heterocycles. The third-order valence-electron chi connectivity index (χ3n) is 4.49. The number of nitro benzene ring substituents is 1. The molecule has 3 aromatic rings. The van der Waals surface area contributed by atoms with E-state index in [1.165, 1.54) is 41.7 Å². The van der Waals surface area contributed by atoms with Crippen LogP contribution in [0.4, 0.5) is 15.8 Å². The highest BCUT2D eigenvalue weighted by atomic mass is 32.2. The van der Waals surface area contributed by atoms with Gasteiger partial charge in [0.2, 0.25) is 5.91 Å². The molecule has 0 aliphatic rings. The lowest BCUT2D eigenvalue weighted by Crippen LogP contribution is -2.27. The van der Waals surface area contributed by atoms with Crippen LogP contribution in [-0.4, -0.2) is 38.6 Å². The van der Waals surface area contributed by atoms with Gasteiger partial charge < -0.3 is 10.6 Å². The number of hydrogen-bond donors (Lipinski definition) is 2. The molecule has 0 aliphatic heterocycles. The van der Waals surface area contributed by atoms with Crippen molar-refractivity contribution in [3.05, 3.63) is 81.5 Å². The normalized spacial score (nSPS) is 11.5. The van der Waals surface area contributed by atoms with Gasteiger partial charge in [-0.05, 0) is 48.0 Å². The number of nitrogens with one attached hydrogen (secondary N) is 2. The second kappa shape index (κ2) is 10.4. The highest BCUT2D eigenvalue weighted by Gasteiger charge is 2.18. The number of nitrogens with zero attached hydrogens (tertiary/aromatic N) is 1. The number of carbonyl (C=O) groups excluding carboxylic acids is 1.